The van der Waals surface area contributed by atoms with Gasteiger partial charge in [0.25, 0.3) is 11.6 Å². The fourth-order valence-corrected chi connectivity index (χ4v) is 5.89. The average Bonchev–Trinajstić information content (AvgIpc) is 3.01. The van der Waals surface area contributed by atoms with E-state index in [1.807, 2.05) is 31.1 Å². The quantitative estimate of drug-likeness (QED) is 0.182. The third-order valence-corrected chi connectivity index (χ3v) is 7.99. The molecule has 1 aliphatic heterocycles. The summed E-state index contributed by atoms with van der Waals surface area (Å²) in [7, 11) is 5.35. The molecule has 204 valence electrons. The van der Waals surface area contributed by atoms with E-state index in [4.69, 9.17) is 32.7 Å². The van der Waals surface area contributed by atoms with Crippen LogP contribution >= 0.6 is 35.0 Å². The zero-order valence-electron chi connectivity index (χ0n) is 21.3. The molecule has 0 N–H and O–H groups in total. The van der Waals surface area contributed by atoms with Crippen LogP contribution in [0.25, 0.3) is 0 Å². The van der Waals surface area contributed by atoms with Crippen molar-refractivity contribution < 1.29 is 24.0 Å². The first-order valence-electron chi connectivity index (χ1n) is 11.8. The van der Waals surface area contributed by atoms with Gasteiger partial charge in [0.05, 0.1) is 33.6 Å². The molecule has 0 aromatic heterocycles. The van der Waals surface area contributed by atoms with Crippen LogP contribution in [0.1, 0.15) is 21.2 Å². The molecule has 9 nitrogen and oxygen atoms in total. The van der Waals surface area contributed by atoms with E-state index in [2.05, 4.69) is 0 Å². The van der Waals surface area contributed by atoms with Gasteiger partial charge >= 0.3 is 5.97 Å². The van der Waals surface area contributed by atoms with Gasteiger partial charge in [0.15, 0.2) is 6.10 Å². The number of rotatable bonds is 8. The Morgan fingerprint density at radius 3 is 2.44 bits per heavy atom. The number of ether oxygens (including phenoxy) is 2. The van der Waals surface area contributed by atoms with Gasteiger partial charge in [-0.1, -0.05) is 35.3 Å². The molecule has 1 aliphatic rings. The number of halogens is 2. The van der Waals surface area contributed by atoms with Crippen LogP contribution in [-0.4, -0.2) is 62.1 Å². The van der Waals surface area contributed by atoms with Gasteiger partial charge in [-0.2, -0.15) is 0 Å². The largest absolute Gasteiger partial charge is 0.497 e. The van der Waals surface area contributed by atoms with E-state index in [-0.39, 0.29) is 16.3 Å². The van der Waals surface area contributed by atoms with E-state index in [9.17, 15) is 19.7 Å². The molecule has 0 spiro atoms. The highest BCUT2D eigenvalue weighted by atomic mass is 35.5. The molecule has 0 fully saturated rings. The Kier molecular flexibility index (Phi) is 9.01. The van der Waals surface area contributed by atoms with Gasteiger partial charge in [0.2, 0.25) is 0 Å². The maximum Gasteiger partial charge on any atom is 0.340 e. The van der Waals surface area contributed by atoms with Crippen LogP contribution in [0.4, 0.5) is 11.4 Å². The van der Waals surface area contributed by atoms with E-state index >= 15 is 0 Å². The maximum atomic E-state index is 14.1. The summed E-state index contributed by atoms with van der Waals surface area (Å²) in [4.78, 5) is 42.3. The minimum Gasteiger partial charge on any atom is -0.497 e. The minimum atomic E-state index is -1.25. The van der Waals surface area contributed by atoms with Crippen molar-refractivity contribution in [1.82, 2.24) is 4.90 Å². The highest BCUT2D eigenvalue weighted by molar-refractivity contribution is 7.99. The standard InChI is InChI=1S/C27H25Cl2N3O6S/c1-30(2)12-13-31-22-11-6-17(28)14-23(22)39-25(16-4-8-19(37-3)9-5-16)24(26(31)33)38-27(34)20-10-7-18(32(35)36)15-21(20)29/h4-11,14-15,24-25H,12-13H2,1-3H3. The number of nitro groups is 1. The Morgan fingerprint density at radius 1 is 1.10 bits per heavy atom. The molecule has 0 bridgehead atoms. The molecule has 4 rings (SSSR count). The molecule has 12 heteroatoms. The molecule has 1 heterocycles. The maximum absolute atomic E-state index is 14.1. The first-order chi connectivity index (χ1) is 18.6. The molecule has 0 radical (unpaired) electrons. The molecule has 0 saturated carbocycles. The summed E-state index contributed by atoms with van der Waals surface area (Å²) in [6.07, 6.45) is -1.25. The lowest BCUT2D eigenvalue weighted by Crippen LogP contribution is -2.45. The Hall–Kier alpha value is -3.31. The lowest BCUT2D eigenvalue weighted by atomic mass is 10.0. The fourth-order valence-electron chi connectivity index (χ4n) is 4.05. The van der Waals surface area contributed by atoms with Gasteiger partial charge < -0.3 is 19.3 Å². The number of hydrogen-bond donors (Lipinski definition) is 0. The van der Waals surface area contributed by atoms with Crippen molar-refractivity contribution in [2.24, 2.45) is 0 Å². The number of anilines is 1. The van der Waals surface area contributed by atoms with E-state index in [1.165, 1.54) is 17.8 Å². The SMILES string of the molecule is COc1ccc(C2Sc3cc(Cl)ccc3N(CCN(C)C)C(=O)C2OC(=O)c2ccc([N+](=O)[O-])cc2Cl)cc1. The van der Waals surface area contributed by atoms with Gasteiger partial charge in [0, 0.05) is 35.1 Å². The predicted octanol–water partition coefficient (Wildman–Crippen LogP) is 5.88. The molecule has 3 aromatic carbocycles. The number of hydrogen-bond acceptors (Lipinski definition) is 8. The van der Waals surface area contributed by atoms with Gasteiger partial charge in [-0.05, 0) is 56.1 Å². The second kappa shape index (κ2) is 12.3. The minimum absolute atomic E-state index is 0.0850. The molecule has 3 aromatic rings. The molecular formula is C27H25Cl2N3O6S. The highest BCUT2D eigenvalue weighted by Gasteiger charge is 2.41. The Bertz CT molecular complexity index is 1400. The average molecular weight is 590 g/mol. The smallest absolute Gasteiger partial charge is 0.340 e. The lowest BCUT2D eigenvalue weighted by Gasteiger charge is -2.28. The van der Waals surface area contributed by atoms with Crippen LogP contribution in [0, 0.1) is 10.1 Å². The summed E-state index contributed by atoms with van der Waals surface area (Å²) in [6, 6.07) is 15.9. The lowest BCUT2D eigenvalue weighted by molar-refractivity contribution is -0.384. The number of carbonyl (C=O) groups is 2. The van der Waals surface area contributed by atoms with Crippen LogP contribution in [0.15, 0.2) is 65.6 Å². The Morgan fingerprint density at radius 2 is 1.82 bits per heavy atom. The number of amides is 1. The number of esters is 1. The van der Waals surface area contributed by atoms with E-state index in [0.717, 1.165) is 22.6 Å². The van der Waals surface area contributed by atoms with Crippen molar-refractivity contribution in [2.75, 3.05) is 39.2 Å². The Labute approximate surface area is 239 Å². The Balaban J connectivity index is 1.79. The van der Waals surface area contributed by atoms with Crippen molar-refractivity contribution in [2.45, 2.75) is 16.2 Å². The van der Waals surface area contributed by atoms with Crippen LogP contribution in [0.5, 0.6) is 5.75 Å². The molecule has 0 saturated heterocycles. The number of nitrogens with zero attached hydrogens (tertiary/aromatic N) is 3. The number of nitro benzene ring substituents is 1. The van der Waals surface area contributed by atoms with Crippen LogP contribution < -0.4 is 9.64 Å². The van der Waals surface area contributed by atoms with Gasteiger partial charge in [0.1, 0.15) is 5.75 Å². The van der Waals surface area contributed by atoms with Crippen LogP contribution in [0.3, 0.4) is 0 Å². The van der Waals surface area contributed by atoms with Gasteiger partial charge in [-0.15, -0.1) is 11.8 Å². The molecular weight excluding hydrogens is 565 g/mol. The molecule has 2 atom stereocenters. The van der Waals surface area contributed by atoms with Crippen LogP contribution in [-0.2, 0) is 9.53 Å². The predicted molar refractivity (Wildman–Crippen MR) is 151 cm³/mol. The zero-order valence-corrected chi connectivity index (χ0v) is 23.6. The third-order valence-electron chi connectivity index (χ3n) is 6.08. The fraction of sp³-hybridized carbons (Fsp3) is 0.259. The number of fused-ring (bicyclic) bond motifs is 1. The van der Waals surface area contributed by atoms with Gasteiger partial charge in [-0.3, -0.25) is 14.9 Å². The third kappa shape index (κ3) is 6.47. The number of likely N-dealkylation sites (N-methyl/N-ethyl adjacent to an activating group) is 1. The molecule has 0 aliphatic carbocycles. The zero-order chi connectivity index (χ0) is 28.3. The van der Waals surface area contributed by atoms with E-state index in [1.54, 1.807) is 42.3 Å². The normalized spacial score (nSPS) is 17.0. The number of benzene rings is 3. The topological polar surface area (TPSA) is 102 Å². The summed E-state index contributed by atoms with van der Waals surface area (Å²) in [5, 5.41) is 10.8. The summed E-state index contributed by atoms with van der Waals surface area (Å²) < 4.78 is 11.2. The molecule has 39 heavy (non-hydrogen) atoms. The number of thioether (sulfide) groups is 1. The van der Waals surface area contributed by atoms with Crippen LogP contribution in [0.2, 0.25) is 10.0 Å². The van der Waals surface area contributed by atoms with Crippen molar-refractivity contribution in [1.29, 1.82) is 0 Å². The second-order valence-corrected chi connectivity index (χ2v) is 11.0. The van der Waals surface area contributed by atoms with Gasteiger partial charge in [-0.25, -0.2) is 4.79 Å². The summed E-state index contributed by atoms with van der Waals surface area (Å²) in [6.45, 7) is 0.892. The number of methoxy groups -OCH3 is 1. The second-order valence-electron chi connectivity index (χ2n) is 8.96. The van der Waals surface area contributed by atoms with Crippen molar-refractivity contribution >= 4 is 58.2 Å². The summed E-state index contributed by atoms with van der Waals surface area (Å²) >= 11 is 13.9. The summed E-state index contributed by atoms with van der Waals surface area (Å²) in [5.41, 5.74) is 1.03. The highest BCUT2D eigenvalue weighted by Crippen LogP contribution is 2.48. The number of non-ortho nitro benzene ring substituents is 1. The van der Waals surface area contributed by atoms with E-state index in [0.29, 0.717) is 29.5 Å². The monoisotopic (exact) mass is 589 g/mol. The molecule has 1 amide bonds. The van der Waals surface area contributed by atoms with E-state index < -0.39 is 28.2 Å². The van der Waals surface area contributed by atoms with Crippen molar-refractivity contribution in [3.05, 3.63) is 92.0 Å². The number of carbonyl (C=O) groups excluding carboxylic acids is 2. The molecule has 2 unspecified atom stereocenters. The first kappa shape index (κ1) is 28.7. The van der Waals surface area contributed by atoms with Crippen molar-refractivity contribution in [3.63, 3.8) is 0 Å². The van der Waals surface area contributed by atoms with Crippen molar-refractivity contribution in [3.8, 4) is 5.75 Å². The summed E-state index contributed by atoms with van der Waals surface area (Å²) in [5.74, 6) is -0.660. The first-order valence-corrected chi connectivity index (χ1v) is 13.4.